The molecule has 2 N–H and O–H groups in total. The third-order valence-corrected chi connectivity index (χ3v) is 17.4. The van der Waals surface area contributed by atoms with Crippen molar-refractivity contribution < 1.29 is 14.4 Å². The van der Waals surface area contributed by atoms with Gasteiger partial charge in [-0.25, -0.2) is 15.0 Å². The first kappa shape index (κ1) is 42.3. The number of benzene rings is 1. The van der Waals surface area contributed by atoms with Crippen molar-refractivity contribution >= 4 is 46.9 Å². The molecule has 11 rings (SSSR count). The standard InChI is InChI=1S/C49H65N11O3S/c1-49(16-2-17-49)55-45-43-40(15-26-64-43)52-48(54-45)59-22-11-34(12-23-59)44-50-28-38(29-51-44)58-24-13-37(14-25-58)57-20-7-32(8-21-57)30-56-18-9-33(10-19-56)35-3-4-39-36(27-35)31-60(47(39)63)41-5-6-42(61)53-46(41)62/h3-4,27-29,32-34,37,41H,2,5-26,30-31H2,1H3,(H,52,54,55)(H,53,61,62). The van der Waals surface area contributed by atoms with Crippen LogP contribution in [0.3, 0.4) is 0 Å². The average molecular weight is 888 g/mol. The fourth-order valence-corrected chi connectivity index (χ4v) is 13.1. The molecule has 1 atom stereocenters. The number of fused-ring (bicyclic) bond motifs is 2. The number of hydrogen-bond acceptors (Lipinski definition) is 13. The van der Waals surface area contributed by atoms with Crippen LogP contribution in [0.4, 0.5) is 17.5 Å². The number of carbonyl (C=O) groups is 3. The van der Waals surface area contributed by atoms with Crippen LogP contribution < -0.4 is 20.4 Å². The summed E-state index contributed by atoms with van der Waals surface area (Å²) in [7, 11) is 0. The molecule has 3 aromatic rings. The van der Waals surface area contributed by atoms with Gasteiger partial charge >= 0.3 is 0 Å². The van der Waals surface area contributed by atoms with Crippen LogP contribution >= 0.6 is 11.8 Å². The Morgan fingerprint density at radius 1 is 0.812 bits per heavy atom. The number of rotatable bonds is 10. The number of amides is 3. The molecule has 5 saturated heterocycles. The van der Waals surface area contributed by atoms with E-state index in [0.29, 0.717) is 36.4 Å². The van der Waals surface area contributed by atoms with Gasteiger partial charge in [0.25, 0.3) is 5.91 Å². The van der Waals surface area contributed by atoms with E-state index in [1.807, 2.05) is 17.8 Å². The summed E-state index contributed by atoms with van der Waals surface area (Å²) in [6.45, 7) is 12.6. The molecule has 9 heterocycles. The highest BCUT2D eigenvalue weighted by atomic mass is 32.2. The van der Waals surface area contributed by atoms with Gasteiger partial charge in [0.15, 0.2) is 0 Å². The van der Waals surface area contributed by atoms with Crippen LogP contribution in [0.2, 0.25) is 0 Å². The van der Waals surface area contributed by atoms with Crippen molar-refractivity contribution in [3.05, 3.63) is 58.8 Å². The summed E-state index contributed by atoms with van der Waals surface area (Å²) in [5.74, 6) is 4.95. The van der Waals surface area contributed by atoms with Crippen molar-refractivity contribution in [3.63, 3.8) is 0 Å². The van der Waals surface area contributed by atoms with E-state index in [1.165, 1.54) is 80.7 Å². The smallest absolute Gasteiger partial charge is 0.255 e. The number of imide groups is 1. The van der Waals surface area contributed by atoms with Crippen LogP contribution in [0.5, 0.6) is 0 Å². The lowest BCUT2D eigenvalue weighted by Crippen LogP contribution is -2.52. The number of nitrogens with one attached hydrogen (secondary N) is 2. The summed E-state index contributed by atoms with van der Waals surface area (Å²) in [6.07, 6.45) is 18.9. The molecule has 0 radical (unpaired) electrons. The summed E-state index contributed by atoms with van der Waals surface area (Å²) in [5, 5.41) is 6.21. The zero-order valence-electron chi connectivity index (χ0n) is 37.6. The molecule has 14 nitrogen and oxygen atoms in total. The molecule has 0 spiro atoms. The summed E-state index contributed by atoms with van der Waals surface area (Å²) in [5.41, 5.74) is 5.58. The Morgan fingerprint density at radius 2 is 1.55 bits per heavy atom. The summed E-state index contributed by atoms with van der Waals surface area (Å²) < 4.78 is 0. The van der Waals surface area contributed by atoms with Crippen LogP contribution in [0.1, 0.15) is 135 Å². The van der Waals surface area contributed by atoms with E-state index in [-0.39, 0.29) is 29.7 Å². The van der Waals surface area contributed by atoms with E-state index in [9.17, 15) is 14.4 Å². The lowest BCUT2D eigenvalue weighted by molar-refractivity contribution is -0.136. The predicted molar refractivity (Wildman–Crippen MR) is 249 cm³/mol. The van der Waals surface area contributed by atoms with Crippen LogP contribution in [0.25, 0.3) is 0 Å². The summed E-state index contributed by atoms with van der Waals surface area (Å²) in [4.78, 5) is 70.7. The van der Waals surface area contributed by atoms with E-state index in [0.717, 1.165) is 112 Å². The molecule has 1 saturated carbocycles. The maximum absolute atomic E-state index is 13.2. The number of carbonyl (C=O) groups excluding carboxylic acids is 3. The molecule has 7 aliphatic heterocycles. The predicted octanol–water partition coefficient (Wildman–Crippen LogP) is 5.97. The lowest BCUT2D eigenvalue weighted by atomic mass is 9.78. The highest BCUT2D eigenvalue weighted by Gasteiger charge is 2.40. The largest absolute Gasteiger partial charge is 0.369 e. The summed E-state index contributed by atoms with van der Waals surface area (Å²) in [6, 6.07) is 6.41. The van der Waals surface area contributed by atoms with Gasteiger partial charge in [0, 0.05) is 80.9 Å². The molecule has 6 fully saturated rings. The zero-order chi connectivity index (χ0) is 43.4. The summed E-state index contributed by atoms with van der Waals surface area (Å²) >= 11 is 1.90. The number of likely N-dealkylation sites (tertiary alicyclic amines) is 2. The van der Waals surface area contributed by atoms with Crippen LogP contribution in [0, 0.1) is 5.92 Å². The number of anilines is 3. The third-order valence-electron chi connectivity index (χ3n) is 16.3. The molecule has 0 bridgehead atoms. The molecule has 340 valence electrons. The van der Waals surface area contributed by atoms with E-state index in [1.54, 1.807) is 4.90 Å². The van der Waals surface area contributed by atoms with Gasteiger partial charge in [-0.05, 0) is 139 Å². The number of piperidine rings is 5. The molecule has 64 heavy (non-hydrogen) atoms. The first-order valence-corrected chi connectivity index (χ1v) is 25.6. The zero-order valence-corrected chi connectivity index (χ0v) is 38.4. The second kappa shape index (κ2) is 17.8. The number of aromatic nitrogens is 4. The maximum Gasteiger partial charge on any atom is 0.255 e. The minimum Gasteiger partial charge on any atom is -0.369 e. The van der Waals surface area contributed by atoms with E-state index in [4.69, 9.17) is 19.9 Å². The van der Waals surface area contributed by atoms with Crippen molar-refractivity contribution in [1.82, 2.24) is 40.0 Å². The molecule has 1 aromatic carbocycles. The van der Waals surface area contributed by atoms with Crippen LogP contribution in [-0.4, -0.2) is 135 Å². The van der Waals surface area contributed by atoms with E-state index in [2.05, 4.69) is 61.7 Å². The SMILES string of the molecule is CC1(Nc2nc(N3CCC(c4ncc(N5CCC(N6CCC(CN7CCC(c8ccc9c(c8)CN(C8CCC(=O)NC8=O)C9=O)CC7)CC6)CC5)cn4)CC3)nc3c2SCC3)CCC1. The van der Waals surface area contributed by atoms with Crippen LogP contribution in [-0.2, 0) is 22.6 Å². The topological polar surface area (TPSA) is 143 Å². The van der Waals surface area contributed by atoms with Crippen molar-refractivity contribution in [2.45, 2.75) is 138 Å². The first-order valence-electron chi connectivity index (χ1n) is 24.6. The van der Waals surface area contributed by atoms with Gasteiger partial charge < -0.3 is 29.8 Å². The van der Waals surface area contributed by atoms with Crippen molar-refractivity contribution in [2.75, 3.05) is 79.8 Å². The number of nitrogens with zero attached hydrogens (tertiary/aromatic N) is 9. The van der Waals surface area contributed by atoms with Gasteiger partial charge in [0.2, 0.25) is 17.8 Å². The molecule has 1 aliphatic carbocycles. The molecular formula is C49H65N11O3S. The van der Waals surface area contributed by atoms with Gasteiger partial charge in [-0.3, -0.25) is 19.7 Å². The molecule has 3 amide bonds. The minimum absolute atomic E-state index is 0.0945. The van der Waals surface area contributed by atoms with E-state index >= 15 is 0 Å². The maximum atomic E-state index is 13.2. The molecular weight excluding hydrogens is 823 g/mol. The second-order valence-corrected chi connectivity index (χ2v) is 21.5. The second-order valence-electron chi connectivity index (χ2n) is 20.4. The average Bonchev–Trinajstić information content (AvgIpc) is 3.93. The first-order chi connectivity index (χ1) is 31.2. The Balaban J connectivity index is 0.599. The normalized spacial score (nSPS) is 25.4. The Kier molecular flexibility index (Phi) is 11.8. The number of hydrogen-bond donors (Lipinski definition) is 2. The Labute approximate surface area is 382 Å². The Bertz CT molecular complexity index is 2220. The van der Waals surface area contributed by atoms with Gasteiger partial charge in [-0.2, -0.15) is 4.98 Å². The fourth-order valence-electron chi connectivity index (χ4n) is 12.1. The van der Waals surface area contributed by atoms with Crippen molar-refractivity contribution in [3.8, 4) is 0 Å². The molecule has 8 aliphatic rings. The molecule has 15 heteroatoms. The monoisotopic (exact) mass is 887 g/mol. The highest BCUT2D eigenvalue weighted by molar-refractivity contribution is 7.99. The van der Waals surface area contributed by atoms with Crippen molar-refractivity contribution in [2.24, 2.45) is 5.92 Å². The molecule has 2 aromatic heterocycles. The molecule has 1 unspecified atom stereocenters. The van der Waals surface area contributed by atoms with Gasteiger partial charge in [-0.15, -0.1) is 11.8 Å². The van der Waals surface area contributed by atoms with Crippen molar-refractivity contribution in [1.29, 1.82) is 0 Å². The van der Waals surface area contributed by atoms with E-state index < -0.39 is 6.04 Å². The third kappa shape index (κ3) is 8.61. The van der Waals surface area contributed by atoms with Gasteiger partial charge in [0.1, 0.15) is 17.7 Å². The van der Waals surface area contributed by atoms with Gasteiger partial charge in [-0.1, -0.05) is 12.1 Å². The number of thioether (sulfide) groups is 1. The Hall–Kier alpha value is -4.34. The quantitative estimate of drug-likeness (QED) is 0.231. The lowest BCUT2D eigenvalue weighted by Gasteiger charge is -2.43. The van der Waals surface area contributed by atoms with Gasteiger partial charge in [0.05, 0.1) is 28.7 Å². The fraction of sp³-hybridized carbons (Fsp3) is 0.653. The Morgan fingerprint density at radius 3 is 2.27 bits per heavy atom. The van der Waals surface area contributed by atoms with Crippen LogP contribution in [0.15, 0.2) is 35.5 Å². The number of aryl methyl sites for hydroxylation is 1. The highest BCUT2D eigenvalue weighted by Crippen LogP contribution is 2.42. The minimum atomic E-state index is -0.566.